The number of nitrogens with one attached hydrogen (secondary N) is 1. The average Bonchev–Trinajstić information content (AvgIpc) is 3.29. The van der Waals surface area contributed by atoms with Gasteiger partial charge in [0.05, 0.1) is 24.4 Å². The Hall–Kier alpha value is -3.09. The van der Waals surface area contributed by atoms with E-state index in [0.29, 0.717) is 42.1 Å². The number of rotatable bonds is 4. The van der Waals surface area contributed by atoms with E-state index in [4.69, 9.17) is 9.15 Å². The molecule has 1 aliphatic carbocycles. The van der Waals surface area contributed by atoms with E-state index in [1.54, 1.807) is 42.2 Å². The Balaban J connectivity index is 1.52. The summed E-state index contributed by atoms with van der Waals surface area (Å²) in [6, 6.07) is 8.45. The van der Waals surface area contributed by atoms with Gasteiger partial charge in [-0.05, 0) is 48.9 Å². The monoisotopic (exact) mass is 410 g/mol. The molecule has 1 N–H and O–H groups in total. The summed E-state index contributed by atoms with van der Waals surface area (Å²) in [6.45, 7) is 6.85. The molecule has 7 nitrogen and oxygen atoms in total. The highest BCUT2D eigenvalue weighted by molar-refractivity contribution is 6.05. The van der Waals surface area contributed by atoms with Crippen molar-refractivity contribution in [3.63, 3.8) is 0 Å². The molecular formula is C23H26N2O5. The van der Waals surface area contributed by atoms with Crippen LogP contribution in [-0.2, 0) is 9.53 Å². The van der Waals surface area contributed by atoms with Gasteiger partial charge in [0.15, 0.2) is 0 Å². The molecule has 1 saturated carbocycles. The number of ether oxygens (including phenoxy) is 1. The van der Waals surface area contributed by atoms with Crippen LogP contribution in [0.25, 0.3) is 0 Å². The van der Waals surface area contributed by atoms with Crippen LogP contribution in [0.1, 0.15) is 46.7 Å². The summed E-state index contributed by atoms with van der Waals surface area (Å²) in [5.74, 6) is -0.0782. The summed E-state index contributed by atoms with van der Waals surface area (Å²) in [6.07, 6.45) is 2.17. The fourth-order valence-electron chi connectivity index (χ4n) is 5.26. The Bertz CT molecular complexity index is 1020. The molecule has 1 aromatic carbocycles. The summed E-state index contributed by atoms with van der Waals surface area (Å²) in [7, 11) is 1.40. The Morgan fingerprint density at radius 3 is 2.63 bits per heavy atom. The normalized spacial score (nSPS) is 24.0. The van der Waals surface area contributed by atoms with Gasteiger partial charge in [0.1, 0.15) is 5.76 Å². The number of hydrogen-bond donors (Lipinski definition) is 1. The molecule has 0 radical (unpaired) electrons. The van der Waals surface area contributed by atoms with Gasteiger partial charge >= 0.3 is 5.97 Å². The summed E-state index contributed by atoms with van der Waals surface area (Å²) in [5.41, 5.74) is 0.817. The van der Waals surface area contributed by atoms with Crippen LogP contribution < -0.4 is 5.32 Å². The number of anilines is 1. The second-order valence-corrected chi connectivity index (χ2v) is 8.98. The number of carbonyl (C=O) groups is 3. The number of furan rings is 1. The first-order valence-electron chi connectivity index (χ1n) is 10.0. The van der Waals surface area contributed by atoms with Crippen LogP contribution in [0.4, 0.5) is 5.69 Å². The highest BCUT2D eigenvalue weighted by atomic mass is 16.5. The molecule has 0 spiro atoms. The minimum Gasteiger partial charge on any atom is -0.469 e. The number of aryl methyl sites for hydroxylation is 1. The minimum absolute atomic E-state index is 0.0124. The molecule has 2 amide bonds. The highest BCUT2D eigenvalue weighted by Crippen LogP contribution is 2.63. The van der Waals surface area contributed by atoms with Crippen LogP contribution in [-0.4, -0.2) is 42.9 Å². The van der Waals surface area contributed by atoms with E-state index < -0.39 is 5.41 Å². The van der Waals surface area contributed by atoms with E-state index in [2.05, 4.69) is 19.2 Å². The predicted molar refractivity (Wildman–Crippen MR) is 110 cm³/mol. The maximum absolute atomic E-state index is 13.2. The maximum atomic E-state index is 13.2. The van der Waals surface area contributed by atoms with Crippen LogP contribution in [0.15, 0.2) is 41.0 Å². The standard InChI is InChI=1S/C23H26N2O5/c1-14-17(8-9-30-14)19(26)24-16-7-5-6-15(10-16)20(27)25-11-18-22(2,3)12-23(18,13-25)21(28)29-4/h5-10,18H,11-13H2,1-4H3,(H,24,26)/t18-,23+/m1/s1. The summed E-state index contributed by atoms with van der Waals surface area (Å²) in [4.78, 5) is 39.9. The SMILES string of the molecule is COC(=O)[C@@]12CN(C(=O)c3cccc(NC(=O)c4ccoc4C)c3)C[C@@H]1C(C)(C)C2. The van der Waals surface area contributed by atoms with Gasteiger partial charge in [-0.2, -0.15) is 0 Å². The third-order valence-electron chi connectivity index (χ3n) is 6.61. The molecule has 0 bridgehead atoms. The van der Waals surface area contributed by atoms with E-state index >= 15 is 0 Å². The maximum Gasteiger partial charge on any atom is 0.314 e. The molecule has 30 heavy (non-hydrogen) atoms. The molecule has 158 valence electrons. The molecule has 2 aromatic rings. The topological polar surface area (TPSA) is 88.9 Å². The molecule has 2 heterocycles. The number of hydrogen-bond acceptors (Lipinski definition) is 5. The molecule has 2 aliphatic rings. The quantitative estimate of drug-likeness (QED) is 0.780. The zero-order chi connectivity index (χ0) is 21.7. The first-order chi connectivity index (χ1) is 14.2. The Morgan fingerprint density at radius 2 is 2.00 bits per heavy atom. The molecule has 2 fully saturated rings. The minimum atomic E-state index is -0.613. The van der Waals surface area contributed by atoms with Crippen molar-refractivity contribution in [2.75, 3.05) is 25.5 Å². The molecular weight excluding hydrogens is 384 g/mol. The molecule has 1 saturated heterocycles. The summed E-state index contributed by atoms with van der Waals surface area (Å²) in [5, 5.41) is 2.81. The van der Waals surface area contributed by atoms with Crippen molar-refractivity contribution in [2.45, 2.75) is 27.2 Å². The number of esters is 1. The highest BCUT2D eigenvalue weighted by Gasteiger charge is 2.68. The predicted octanol–water partition coefficient (Wildman–Crippen LogP) is 3.50. The Labute approximate surface area is 175 Å². The number of fused-ring (bicyclic) bond motifs is 1. The molecule has 1 aliphatic heterocycles. The van der Waals surface area contributed by atoms with Gasteiger partial charge in [0.25, 0.3) is 11.8 Å². The number of likely N-dealkylation sites (tertiary alicyclic amines) is 1. The fourth-order valence-corrected chi connectivity index (χ4v) is 5.26. The lowest BCUT2D eigenvalue weighted by atomic mass is 9.48. The zero-order valence-electron chi connectivity index (χ0n) is 17.7. The number of nitrogens with zero attached hydrogens (tertiary/aromatic N) is 1. The number of methoxy groups -OCH3 is 1. The molecule has 7 heteroatoms. The van der Waals surface area contributed by atoms with E-state index in [1.807, 2.05) is 0 Å². The third kappa shape index (κ3) is 3.09. The van der Waals surface area contributed by atoms with Crippen molar-refractivity contribution < 1.29 is 23.5 Å². The molecule has 1 aromatic heterocycles. The first-order valence-corrected chi connectivity index (χ1v) is 10.0. The Morgan fingerprint density at radius 1 is 1.23 bits per heavy atom. The van der Waals surface area contributed by atoms with E-state index in [1.165, 1.54) is 13.4 Å². The summed E-state index contributed by atoms with van der Waals surface area (Å²) < 4.78 is 10.2. The number of benzene rings is 1. The molecule has 2 atom stereocenters. The smallest absolute Gasteiger partial charge is 0.314 e. The van der Waals surface area contributed by atoms with Crippen LogP contribution in [0, 0.1) is 23.7 Å². The van der Waals surface area contributed by atoms with Gasteiger partial charge in [-0.15, -0.1) is 0 Å². The zero-order valence-corrected chi connectivity index (χ0v) is 17.7. The van der Waals surface area contributed by atoms with Gasteiger partial charge < -0.3 is 19.4 Å². The van der Waals surface area contributed by atoms with Crippen LogP contribution in [0.5, 0.6) is 0 Å². The van der Waals surface area contributed by atoms with Gasteiger partial charge in [-0.3, -0.25) is 14.4 Å². The second-order valence-electron chi connectivity index (χ2n) is 8.98. The van der Waals surface area contributed by atoms with Crippen molar-refractivity contribution in [2.24, 2.45) is 16.7 Å². The van der Waals surface area contributed by atoms with E-state index in [9.17, 15) is 14.4 Å². The largest absolute Gasteiger partial charge is 0.469 e. The van der Waals surface area contributed by atoms with Crippen molar-refractivity contribution >= 4 is 23.5 Å². The van der Waals surface area contributed by atoms with Gasteiger partial charge in [0, 0.05) is 24.3 Å². The van der Waals surface area contributed by atoms with E-state index in [-0.39, 0.29) is 29.1 Å². The van der Waals surface area contributed by atoms with Crippen molar-refractivity contribution in [1.29, 1.82) is 0 Å². The first kappa shape index (κ1) is 20.2. The van der Waals surface area contributed by atoms with E-state index in [0.717, 1.165) is 0 Å². The van der Waals surface area contributed by atoms with Crippen molar-refractivity contribution in [3.8, 4) is 0 Å². The van der Waals surface area contributed by atoms with Gasteiger partial charge in [0.2, 0.25) is 0 Å². The van der Waals surface area contributed by atoms with Gasteiger partial charge in [-0.25, -0.2) is 0 Å². The van der Waals surface area contributed by atoms with Crippen molar-refractivity contribution in [1.82, 2.24) is 4.90 Å². The molecule has 4 rings (SSSR count). The third-order valence-corrected chi connectivity index (χ3v) is 6.61. The lowest BCUT2D eigenvalue weighted by Gasteiger charge is -2.54. The number of carbonyl (C=O) groups excluding carboxylic acids is 3. The van der Waals surface area contributed by atoms with Crippen LogP contribution in [0.3, 0.4) is 0 Å². The summed E-state index contributed by atoms with van der Waals surface area (Å²) >= 11 is 0. The Kier molecular flexibility index (Phi) is 4.71. The lowest BCUT2D eigenvalue weighted by molar-refractivity contribution is -0.174. The molecule has 0 unspecified atom stereocenters. The average molecular weight is 410 g/mol. The number of amides is 2. The fraction of sp³-hybridized carbons (Fsp3) is 0.435. The van der Waals surface area contributed by atoms with Crippen LogP contribution >= 0.6 is 0 Å². The van der Waals surface area contributed by atoms with Crippen molar-refractivity contribution in [3.05, 3.63) is 53.5 Å². The van der Waals surface area contributed by atoms with Gasteiger partial charge in [-0.1, -0.05) is 19.9 Å². The second kappa shape index (κ2) is 7.00. The lowest BCUT2D eigenvalue weighted by Crippen LogP contribution is -2.57. The van der Waals surface area contributed by atoms with Crippen LogP contribution in [0.2, 0.25) is 0 Å².